The Morgan fingerprint density at radius 1 is 1.07 bits per heavy atom. The summed E-state index contributed by atoms with van der Waals surface area (Å²) in [4.78, 5) is 17.4. The topological polar surface area (TPSA) is 24.8 Å². The molecule has 27 heavy (non-hydrogen) atoms. The summed E-state index contributed by atoms with van der Waals surface area (Å²) in [7, 11) is 0. The molecule has 4 rings (SSSR count). The largest absolute Gasteiger partial charge is 0.337 e. The number of aryl methyl sites for hydroxylation is 1. The van der Waals surface area contributed by atoms with Crippen molar-refractivity contribution in [3.8, 4) is 0 Å². The van der Waals surface area contributed by atoms with Gasteiger partial charge in [-0.05, 0) is 55.6 Å². The zero-order valence-electron chi connectivity index (χ0n) is 16.7. The lowest BCUT2D eigenvalue weighted by atomic mass is 9.83. The van der Waals surface area contributed by atoms with E-state index in [2.05, 4.69) is 41.3 Å². The van der Waals surface area contributed by atoms with E-state index in [0.29, 0.717) is 11.8 Å². The number of carbonyl (C=O) groups is 1. The van der Waals surface area contributed by atoms with E-state index >= 15 is 0 Å². The number of fused-ring (bicyclic) bond motifs is 1. The first-order chi connectivity index (χ1) is 13.3. The van der Waals surface area contributed by atoms with Crippen molar-refractivity contribution in [2.24, 2.45) is 11.8 Å². The lowest BCUT2D eigenvalue weighted by Crippen LogP contribution is -3.10. The normalized spacial score (nSPS) is 25.3. The maximum atomic E-state index is 13.5. The van der Waals surface area contributed by atoms with Gasteiger partial charge in [0.05, 0.1) is 26.2 Å². The molecule has 1 aliphatic heterocycles. The van der Waals surface area contributed by atoms with Crippen molar-refractivity contribution in [1.29, 1.82) is 0 Å². The van der Waals surface area contributed by atoms with Crippen molar-refractivity contribution in [2.45, 2.75) is 51.4 Å². The molecular weight excluding hydrogens is 332 g/mol. The van der Waals surface area contributed by atoms with Gasteiger partial charge in [-0.25, -0.2) is 0 Å². The fourth-order valence-corrected chi connectivity index (χ4v) is 5.21. The number of hydrogen-bond donors (Lipinski definition) is 1. The fourth-order valence-electron chi connectivity index (χ4n) is 5.21. The van der Waals surface area contributed by atoms with Crippen molar-refractivity contribution >= 4 is 5.91 Å². The minimum absolute atomic E-state index is 0.188. The molecule has 0 bridgehead atoms. The third-order valence-corrected chi connectivity index (χ3v) is 6.91. The van der Waals surface area contributed by atoms with E-state index in [4.69, 9.17) is 0 Å². The zero-order chi connectivity index (χ0) is 18.5. The molecule has 1 aromatic rings. The van der Waals surface area contributed by atoms with Gasteiger partial charge < -0.3 is 9.80 Å². The summed E-state index contributed by atoms with van der Waals surface area (Å²) in [6, 6.07) is 8.70. The number of carbonyl (C=O) groups excluding carboxylic acids is 1. The first-order valence-electron chi connectivity index (χ1n) is 11.1. The Labute approximate surface area is 164 Å². The van der Waals surface area contributed by atoms with Crippen LogP contribution in [0.5, 0.6) is 0 Å². The van der Waals surface area contributed by atoms with Gasteiger partial charge in [0.1, 0.15) is 0 Å². The predicted octanol–water partition coefficient (Wildman–Crippen LogP) is 2.66. The van der Waals surface area contributed by atoms with E-state index in [1.165, 1.54) is 49.9 Å². The molecule has 0 spiro atoms. The van der Waals surface area contributed by atoms with Gasteiger partial charge in [-0.1, -0.05) is 36.4 Å². The molecule has 1 fully saturated rings. The van der Waals surface area contributed by atoms with Crippen LogP contribution in [0.2, 0.25) is 0 Å². The third-order valence-electron chi connectivity index (χ3n) is 6.91. The van der Waals surface area contributed by atoms with Crippen LogP contribution >= 0.6 is 0 Å². The van der Waals surface area contributed by atoms with Gasteiger partial charge in [-0.15, -0.1) is 0 Å². The number of likely N-dealkylation sites (tertiary alicyclic amines) is 1. The minimum Gasteiger partial charge on any atom is -0.337 e. The summed E-state index contributed by atoms with van der Waals surface area (Å²) in [5, 5.41) is 0. The van der Waals surface area contributed by atoms with E-state index in [-0.39, 0.29) is 5.92 Å². The van der Waals surface area contributed by atoms with Crippen LogP contribution in [0.3, 0.4) is 0 Å². The third kappa shape index (κ3) is 4.82. The number of nitrogens with one attached hydrogen (secondary N) is 1. The van der Waals surface area contributed by atoms with Crippen LogP contribution in [0.15, 0.2) is 36.4 Å². The second kappa shape index (κ2) is 9.05. The van der Waals surface area contributed by atoms with E-state index in [1.54, 1.807) is 4.90 Å². The fraction of sp³-hybridized carbons (Fsp3) is 0.625. The van der Waals surface area contributed by atoms with E-state index < -0.39 is 0 Å². The Hall–Kier alpha value is -1.61. The Bertz CT molecular complexity index is 662. The van der Waals surface area contributed by atoms with E-state index in [1.807, 2.05) is 0 Å². The van der Waals surface area contributed by atoms with Gasteiger partial charge in [-0.2, -0.15) is 0 Å². The van der Waals surface area contributed by atoms with Gasteiger partial charge in [0.15, 0.2) is 0 Å². The molecule has 1 N–H and O–H groups in total. The highest BCUT2D eigenvalue weighted by molar-refractivity contribution is 5.79. The van der Waals surface area contributed by atoms with Gasteiger partial charge in [0, 0.05) is 25.3 Å². The van der Waals surface area contributed by atoms with Crippen LogP contribution in [0.25, 0.3) is 0 Å². The SMILES string of the molecule is O=C([C@@H]1CCc2ccccc2C1)N(CC[NH+]1CCCC1)C[C@@H]1CC=CCC1. The Kier molecular flexibility index (Phi) is 6.28. The smallest absolute Gasteiger partial charge is 0.226 e. The van der Waals surface area contributed by atoms with Crippen LogP contribution in [-0.2, 0) is 17.6 Å². The molecule has 1 heterocycles. The number of nitrogens with zero attached hydrogens (tertiary/aromatic N) is 1. The van der Waals surface area contributed by atoms with Crippen LogP contribution < -0.4 is 4.90 Å². The summed E-state index contributed by atoms with van der Waals surface area (Å²) in [5.74, 6) is 1.27. The van der Waals surface area contributed by atoms with E-state index in [0.717, 1.165) is 45.3 Å². The number of amides is 1. The molecule has 0 unspecified atom stereocenters. The maximum Gasteiger partial charge on any atom is 0.226 e. The van der Waals surface area contributed by atoms with Crippen molar-refractivity contribution < 1.29 is 9.69 Å². The molecule has 0 aromatic heterocycles. The quantitative estimate of drug-likeness (QED) is 0.768. The predicted molar refractivity (Wildman–Crippen MR) is 110 cm³/mol. The highest BCUT2D eigenvalue weighted by atomic mass is 16.2. The van der Waals surface area contributed by atoms with Gasteiger partial charge in [0.25, 0.3) is 0 Å². The number of hydrogen-bond acceptors (Lipinski definition) is 1. The molecule has 0 radical (unpaired) electrons. The van der Waals surface area contributed by atoms with Crippen LogP contribution in [0, 0.1) is 11.8 Å². The molecule has 3 heteroatoms. The summed E-state index contributed by atoms with van der Waals surface area (Å²) < 4.78 is 0. The monoisotopic (exact) mass is 367 g/mol. The number of rotatable bonds is 6. The second-order valence-electron chi connectivity index (χ2n) is 8.85. The van der Waals surface area contributed by atoms with Gasteiger partial charge >= 0.3 is 0 Å². The van der Waals surface area contributed by atoms with Crippen molar-refractivity contribution in [2.75, 3.05) is 32.7 Å². The Balaban J connectivity index is 1.41. The molecule has 3 nitrogen and oxygen atoms in total. The molecule has 0 saturated carbocycles. The lowest BCUT2D eigenvalue weighted by molar-refractivity contribution is -0.886. The molecule has 2 aliphatic carbocycles. The average Bonchev–Trinajstić information content (AvgIpc) is 3.24. The van der Waals surface area contributed by atoms with Crippen molar-refractivity contribution in [3.05, 3.63) is 47.5 Å². The van der Waals surface area contributed by atoms with Crippen LogP contribution in [-0.4, -0.2) is 43.5 Å². The summed E-state index contributed by atoms with van der Waals surface area (Å²) in [6.07, 6.45) is 13.9. The van der Waals surface area contributed by atoms with E-state index in [9.17, 15) is 4.79 Å². The van der Waals surface area contributed by atoms with Crippen LogP contribution in [0.4, 0.5) is 0 Å². The molecule has 2 atom stereocenters. The Morgan fingerprint density at radius 3 is 2.67 bits per heavy atom. The summed E-state index contributed by atoms with van der Waals surface area (Å²) in [5.41, 5.74) is 2.85. The molecule has 1 saturated heterocycles. The first-order valence-corrected chi connectivity index (χ1v) is 11.1. The highest BCUT2D eigenvalue weighted by Crippen LogP contribution is 2.28. The standard InChI is InChI=1S/C24H34N2O/c27-24(23-13-12-21-10-4-5-11-22(21)18-23)26(17-16-25-14-6-7-15-25)19-20-8-2-1-3-9-20/h1-2,4-5,10-11,20,23H,3,6-9,12-19H2/p+1/t20-,23-/m1/s1. The molecular formula is C24H35N2O+. The molecule has 1 aromatic carbocycles. The summed E-state index contributed by atoms with van der Waals surface area (Å²) >= 11 is 0. The average molecular weight is 368 g/mol. The number of quaternary nitrogens is 1. The Morgan fingerprint density at radius 2 is 1.89 bits per heavy atom. The van der Waals surface area contributed by atoms with Crippen molar-refractivity contribution in [1.82, 2.24) is 4.90 Å². The maximum absolute atomic E-state index is 13.5. The molecule has 146 valence electrons. The van der Waals surface area contributed by atoms with Crippen molar-refractivity contribution in [3.63, 3.8) is 0 Å². The zero-order valence-corrected chi connectivity index (χ0v) is 16.7. The summed E-state index contributed by atoms with van der Waals surface area (Å²) in [6.45, 7) is 5.65. The second-order valence-corrected chi connectivity index (χ2v) is 8.85. The molecule has 1 amide bonds. The first kappa shape index (κ1) is 18.7. The lowest BCUT2D eigenvalue weighted by Gasteiger charge is -2.33. The van der Waals surface area contributed by atoms with Gasteiger partial charge in [-0.3, -0.25) is 4.79 Å². The number of allylic oxidation sites excluding steroid dienone is 2. The van der Waals surface area contributed by atoms with Crippen LogP contribution in [0.1, 0.15) is 49.7 Å². The van der Waals surface area contributed by atoms with Gasteiger partial charge in [0.2, 0.25) is 5.91 Å². The number of benzene rings is 1. The molecule has 3 aliphatic rings. The minimum atomic E-state index is 0.188. The highest BCUT2D eigenvalue weighted by Gasteiger charge is 2.30.